The number of ether oxygens (including phenoxy) is 1. The topological polar surface area (TPSA) is 38.3 Å². The normalized spacial score (nSPS) is 18.7. The Morgan fingerprint density at radius 2 is 2.11 bits per heavy atom. The first kappa shape index (κ1) is 15.8. The van der Waals surface area contributed by atoms with E-state index >= 15 is 0 Å². The van der Waals surface area contributed by atoms with Crippen LogP contribution in [0.4, 0.5) is 0 Å². The van der Waals surface area contributed by atoms with E-state index < -0.39 is 0 Å². The molecule has 1 atom stereocenters. The Morgan fingerprint density at radius 1 is 1.39 bits per heavy atom. The van der Waals surface area contributed by atoms with Crippen molar-refractivity contribution in [2.24, 2.45) is 0 Å². The fourth-order valence-electron chi connectivity index (χ4n) is 1.86. The van der Waals surface area contributed by atoms with Crippen LogP contribution in [0.25, 0.3) is 0 Å². The quantitative estimate of drug-likeness (QED) is 0.422. The summed E-state index contributed by atoms with van der Waals surface area (Å²) in [6.45, 7) is 2.75. The number of unbranched alkanes of at least 4 members (excludes halogenated alkanes) is 5. The van der Waals surface area contributed by atoms with Gasteiger partial charge in [-0.3, -0.25) is 0 Å². The van der Waals surface area contributed by atoms with Crippen LogP contribution >= 0.6 is 24.0 Å². The van der Waals surface area contributed by atoms with Crippen molar-refractivity contribution < 1.29 is 9.53 Å². The van der Waals surface area contributed by atoms with Crippen molar-refractivity contribution in [2.45, 2.75) is 57.9 Å². The highest BCUT2D eigenvalue weighted by Gasteiger charge is 2.26. The molecule has 0 spiro atoms. The average Bonchev–Trinajstić information content (AvgIpc) is 2.74. The van der Waals surface area contributed by atoms with Crippen molar-refractivity contribution in [1.29, 1.82) is 0 Å². The van der Waals surface area contributed by atoms with Crippen LogP contribution in [-0.4, -0.2) is 28.7 Å². The van der Waals surface area contributed by atoms with E-state index in [0.29, 0.717) is 6.61 Å². The Morgan fingerprint density at radius 3 is 2.78 bits per heavy atom. The third-order valence-electron chi connectivity index (χ3n) is 2.96. The number of thioether (sulfide) groups is 1. The highest BCUT2D eigenvalue weighted by molar-refractivity contribution is 8.22. The zero-order valence-corrected chi connectivity index (χ0v) is 12.7. The van der Waals surface area contributed by atoms with E-state index in [9.17, 15) is 4.79 Å². The lowest BCUT2D eigenvalue weighted by molar-refractivity contribution is -0.139. The van der Waals surface area contributed by atoms with E-state index in [1.54, 1.807) is 11.8 Å². The molecule has 1 N–H and O–H groups in total. The summed E-state index contributed by atoms with van der Waals surface area (Å²) in [6.07, 6.45) is 8.52. The number of hydrogen-bond acceptors (Lipinski definition) is 4. The number of carbonyl (C=O) groups excluding carboxylic acids is 1. The second kappa shape index (κ2) is 9.62. The second-order valence-electron chi connectivity index (χ2n) is 4.56. The Kier molecular flexibility index (Phi) is 8.42. The van der Waals surface area contributed by atoms with Gasteiger partial charge in [0.15, 0.2) is 0 Å². The van der Waals surface area contributed by atoms with Gasteiger partial charge in [0, 0.05) is 12.2 Å². The molecule has 0 aromatic rings. The number of rotatable bonds is 8. The standard InChI is InChI=1S/C13H23NO2S2/c1-2-3-4-5-6-7-10-18-13(17)14-11-8-9-16-12(11)15/h11H,2-10H2,1H3,(H,14,17)/t11-/m0/s1. The van der Waals surface area contributed by atoms with Gasteiger partial charge in [0.25, 0.3) is 0 Å². The van der Waals surface area contributed by atoms with Crippen LogP contribution in [0.15, 0.2) is 0 Å². The molecule has 1 fully saturated rings. The Labute approximate surface area is 119 Å². The molecule has 1 rings (SSSR count). The zero-order valence-electron chi connectivity index (χ0n) is 11.1. The summed E-state index contributed by atoms with van der Waals surface area (Å²) in [4.78, 5) is 11.2. The zero-order chi connectivity index (χ0) is 13.2. The lowest BCUT2D eigenvalue weighted by Crippen LogP contribution is -2.35. The summed E-state index contributed by atoms with van der Waals surface area (Å²) in [6, 6.07) is -0.213. The predicted molar refractivity (Wildman–Crippen MR) is 80.9 cm³/mol. The maximum absolute atomic E-state index is 11.2. The molecule has 1 aliphatic rings. The third-order valence-corrected chi connectivity index (χ3v) is 4.30. The highest BCUT2D eigenvalue weighted by atomic mass is 32.2. The molecule has 18 heavy (non-hydrogen) atoms. The van der Waals surface area contributed by atoms with Gasteiger partial charge in [-0.2, -0.15) is 0 Å². The van der Waals surface area contributed by atoms with E-state index in [1.807, 2.05) is 0 Å². The first-order valence-corrected chi connectivity index (χ1v) is 8.23. The summed E-state index contributed by atoms with van der Waals surface area (Å²) in [5, 5.41) is 3.06. The van der Waals surface area contributed by atoms with Crippen LogP contribution in [-0.2, 0) is 9.53 Å². The maximum Gasteiger partial charge on any atom is 0.328 e. The number of nitrogens with one attached hydrogen (secondary N) is 1. The Balaban J connectivity index is 1.95. The van der Waals surface area contributed by atoms with Crippen molar-refractivity contribution >= 4 is 34.3 Å². The van der Waals surface area contributed by atoms with Gasteiger partial charge in [0.2, 0.25) is 0 Å². The summed E-state index contributed by atoms with van der Waals surface area (Å²) in [5.74, 6) is 0.872. The average molecular weight is 289 g/mol. The van der Waals surface area contributed by atoms with Gasteiger partial charge in [-0.1, -0.05) is 63.0 Å². The van der Waals surface area contributed by atoms with Crippen LogP contribution in [0.2, 0.25) is 0 Å². The Hall–Kier alpha value is -0.290. The fourth-order valence-corrected chi connectivity index (χ4v) is 3.01. The molecule has 1 saturated heterocycles. The van der Waals surface area contributed by atoms with Crippen LogP contribution in [0, 0.1) is 0 Å². The molecular formula is C13H23NO2S2. The molecule has 1 aliphatic heterocycles. The summed E-state index contributed by atoms with van der Waals surface area (Å²) in [7, 11) is 0. The van der Waals surface area contributed by atoms with Crippen LogP contribution in [0.1, 0.15) is 51.9 Å². The van der Waals surface area contributed by atoms with Gasteiger partial charge in [-0.05, 0) is 6.42 Å². The van der Waals surface area contributed by atoms with E-state index in [2.05, 4.69) is 12.2 Å². The molecule has 3 nitrogen and oxygen atoms in total. The van der Waals surface area contributed by atoms with Gasteiger partial charge >= 0.3 is 5.97 Å². The molecule has 5 heteroatoms. The van der Waals surface area contributed by atoms with Crippen molar-refractivity contribution in [3.05, 3.63) is 0 Å². The van der Waals surface area contributed by atoms with Gasteiger partial charge in [-0.25, -0.2) is 4.79 Å². The maximum atomic E-state index is 11.2. The third kappa shape index (κ3) is 6.59. The number of thiocarbonyl (C=S) groups is 1. The molecule has 0 amide bonds. The minimum Gasteiger partial charge on any atom is -0.464 e. The first-order valence-electron chi connectivity index (χ1n) is 6.84. The monoisotopic (exact) mass is 289 g/mol. The van der Waals surface area contributed by atoms with Crippen molar-refractivity contribution in [3.63, 3.8) is 0 Å². The molecule has 0 bridgehead atoms. The number of hydrogen-bond donors (Lipinski definition) is 1. The minimum absolute atomic E-state index is 0.169. The van der Waals surface area contributed by atoms with E-state index in [4.69, 9.17) is 17.0 Å². The van der Waals surface area contributed by atoms with Gasteiger partial charge in [0.1, 0.15) is 10.4 Å². The number of cyclic esters (lactones) is 1. The number of esters is 1. The van der Waals surface area contributed by atoms with E-state index in [0.717, 1.165) is 16.5 Å². The largest absolute Gasteiger partial charge is 0.464 e. The predicted octanol–water partition coefficient (Wildman–Crippen LogP) is 3.27. The highest BCUT2D eigenvalue weighted by Crippen LogP contribution is 2.13. The molecule has 0 aliphatic carbocycles. The summed E-state index contributed by atoms with van der Waals surface area (Å²) >= 11 is 6.85. The minimum atomic E-state index is -0.213. The summed E-state index contributed by atoms with van der Waals surface area (Å²) in [5.41, 5.74) is 0. The first-order chi connectivity index (χ1) is 8.74. The molecule has 0 aromatic carbocycles. The lowest BCUT2D eigenvalue weighted by Gasteiger charge is -2.10. The molecule has 0 radical (unpaired) electrons. The SMILES string of the molecule is CCCCCCCCSC(=S)N[C@H]1CCOC1=O. The smallest absolute Gasteiger partial charge is 0.328 e. The van der Waals surface area contributed by atoms with E-state index in [1.165, 1.54) is 38.5 Å². The lowest BCUT2D eigenvalue weighted by atomic mass is 10.1. The van der Waals surface area contributed by atoms with Crippen molar-refractivity contribution in [1.82, 2.24) is 5.32 Å². The summed E-state index contributed by atoms with van der Waals surface area (Å²) < 4.78 is 5.61. The van der Waals surface area contributed by atoms with Crippen molar-refractivity contribution in [2.75, 3.05) is 12.4 Å². The van der Waals surface area contributed by atoms with E-state index in [-0.39, 0.29) is 12.0 Å². The molecule has 104 valence electrons. The molecule has 0 aromatic heterocycles. The van der Waals surface area contributed by atoms with Gasteiger partial charge < -0.3 is 10.1 Å². The molecular weight excluding hydrogens is 266 g/mol. The molecule has 0 unspecified atom stereocenters. The van der Waals surface area contributed by atoms with Gasteiger partial charge in [0.05, 0.1) is 6.61 Å². The second-order valence-corrected chi connectivity index (χ2v) is 6.33. The number of carbonyl (C=O) groups is 1. The van der Waals surface area contributed by atoms with Crippen LogP contribution in [0.3, 0.4) is 0 Å². The molecule has 0 saturated carbocycles. The van der Waals surface area contributed by atoms with Crippen LogP contribution < -0.4 is 5.32 Å². The fraction of sp³-hybridized carbons (Fsp3) is 0.846. The molecule has 1 heterocycles. The Bertz CT molecular complexity index is 272. The van der Waals surface area contributed by atoms with Crippen LogP contribution in [0.5, 0.6) is 0 Å². The van der Waals surface area contributed by atoms with Crippen molar-refractivity contribution in [3.8, 4) is 0 Å². The van der Waals surface area contributed by atoms with Gasteiger partial charge in [-0.15, -0.1) is 0 Å².